The van der Waals surface area contributed by atoms with Gasteiger partial charge in [-0.15, -0.1) is 0 Å². The molecular weight excluding hydrogens is 1700 g/mol. The van der Waals surface area contributed by atoms with Crippen LogP contribution in [0.5, 0.6) is 11.5 Å². The minimum absolute atomic E-state index is 0.0253. The van der Waals surface area contributed by atoms with E-state index in [9.17, 15) is 137 Å². The molecule has 0 unspecified atom stereocenters. The first-order valence-electron chi connectivity index (χ1n) is 44.8. The molecule has 8 amide bonds. The summed E-state index contributed by atoms with van der Waals surface area (Å²) in [5.74, 6) is -30.3. The summed E-state index contributed by atoms with van der Waals surface area (Å²) in [5.41, 5.74) is 5.15. The maximum absolute atomic E-state index is 14.9. The van der Waals surface area contributed by atoms with Gasteiger partial charge in [0.2, 0.25) is 47.3 Å². The van der Waals surface area contributed by atoms with Crippen LogP contribution in [0, 0.1) is 58.7 Å². The zero-order valence-corrected chi connectivity index (χ0v) is 76.3. The van der Waals surface area contributed by atoms with Crippen LogP contribution in [0.1, 0.15) is 214 Å². The standard InChI is InChI=1S/C94H135N9O28/c1-10-54(4)86(79(115)43-62(38-59-24-29-66(108)30-25-59)89(127)98-71(37-53(2)3)75(111)41-63(46-84(121)122)88(126)97-55(5)19-14-16-34-95)102-91(129)65(51-104)44-76(112)72(40-60-26-31-67(109)32-27-60)99-90(128)64(47-85(123)124)42-77(113)74(52-105)101-93(131)70(57(7)107)49-78(114)73(39-58-20-12-11-13-21-58)100-92(130)69(56(6)106)48-68(110)50-96-87(125)61(28-33-83(119)120)45-81(117)94(8,9)80(116)22-18-36-103-35-17-15-23-82(103)118/h11-13,20-21,24-27,29-32,53-57,61-65,69-74,86,104-109H,10,14-19,22-23,28,33-52,95H2,1-9H3,(H,96,125)(H,97,126)(H,98,127)(H,99,128)(H,100,130)(H,101,131)(H,102,129)(H,119,120)(H,121,122)(H,123,124)/t54-,55+,56+,57+,61+,62+,63-,64-,65-,69-,70-,71-,72-,73-,74-,86-/m0/s1. The molecule has 0 saturated carbocycles. The number of piperidine rings is 1. The van der Waals surface area contributed by atoms with Crippen molar-refractivity contribution in [1.29, 1.82) is 0 Å². The Labute approximate surface area is 762 Å². The molecular formula is C94H135N9O28. The van der Waals surface area contributed by atoms with E-state index in [1.54, 1.807) is 69.9 Å². The van der Waals surface area contributed by atoms with E-state index in [0.29, 0.717) is 56.4 Å². The molecule has 1 saturated heterocycles. The Bertz CT molecular complexity index is 4380. The number of hydrogen-bond acceptors (Lipinski definition) is 26. The molecule has 1 fully saturated rings. The van der Waals surface area contributed by atoms with Gasteiger partial charge in [0, 0.05) is 95.2 Å². The third-order valence-electron chi connectivity index (χ3n) is 23.8. The van der Waals surface area contributed by atoms with Crippen molar-refractivity contribution in [3.63, 3.8) is 0 Å². The van der Waals surface area contributed by atoms with Crippen LogP contribution < -0.4 is 43.0 Å². The fourth-order valence-corrected chi connectivity index (χ4v) is 15.3. The lowest BCUT2D eigenvalue weighted by Crippen LogP contribution is -2.52. The number of aliphatic hydroxyl groups is 4. The van der Waals surface area contributed by atoms with E-state index in [0.717, 1.165) is 26.7 Å². The van der Waals surface area contributed by atoms with Crippen LogP contribution in [-0.2, 0) is 110 Å². The number of aromatic hydroxyl groups is 2. The number of nitrogens with one attached hydrogen (secondary N) is 7. The number of carbonyl (C=O) groups is 19. The number of carbonyl (C=O) groups excluding carboxylic acids is 16. The van der Waals surface area contributed by atoms with Gasteiger partial charge in [0.1, 0.15) is 29.1 Å². The van der Waals surface area contributed by atoms with Crippen LogP contribution in [0.25, 0.3) is 0 Å². The van der Waals surface area contributed by atoms with E-state index < -0.39 is 291 Å². The van der Waals surface area contributed by atoms with Gasteiger partial charge in [0.05, 0.1) is 104 Å². The third-order valence-corrected chi connectivity index (χ3v) is 23.8. The minimum Gasteiger partial charge on any atom is -0.508 e. The topological polar surface area (TPSA) is 620 Å². The summed E-state index contributed by atoms with van der Waals surface area (Å²) >= 11 is 0. The minimum atomic E-state index is -1.99. The highest BCUT2D eigenvalue weighted by Gasteiger charge is 2.42. The molecule has 131 heavy (non-hydrogen) atoms. The van der Waals surface area contributed by atoms with Gasteiger partial charge >= 0.3 is 17.9 Å². The van der Waals surface area contributed by atoms with Crippen LogP contribution in [-0.4, -0.2) is 250 Å². The van der Waals surface area contributed by atoms with Gasteiger partial charge < -0.3 is 93.8 Å². The SMILES string of the molecule is CC[C@H](C)[C@H](NC(=O)[C@H](CO)CC(=O)[C@H](Cc1ccc(O)cc1)NC(=O)[C@H](CC(=O)O)CC(=O)[C@H](CO)NC(=O)[C@@H](CC(=O)[C@H](Cc1ccccc1)NC(=O)[C@@H](CC(=O)CNC(=O)[C@H](CCC(=O)O)CC(=O)C(C)(C)C(=O)CCCN1CCCCC1=O)[C@@H](C)O)[C@@H](C)O)C(=O)C[C@@H](Cc1ccc(O)cc1)C(=O)N[C@@H](CC(C)C)C(=O)C[C@@H](CC(=O)O)C(=O)N[C@H](C)CCCCN. The van der Waals surface area contributed by atoms with E-state index in [1.165, 1.54) is 62.4 Å². The fraction of sp³-hybridized carbons (Fsp3) is 0.606. The number of ketones is 8. The van der Waals surface area contributed by atoms with E-state index in [2.05, 4.69) is 37.2 Å². The maximum Gasteiger partial charge on any atom is 0.304 e. The zero-order valence-electron chi connectivity index (χ0n) is 76.3. The summed E-state index contributed by atoms with van der Waals surface area (Å²) in [6, 6.07) is 10.4. The molecule has 1 aliphatic heterocycles. The molecule has 724 valence electrons. The predicted octanol–water partition coefficient (Wildman–Crippen LogP) is 3.37. The second-order valence-electron chi connectivity index (χ2n) is 35.5. The molecule has 16 atom stereocenters. The van der Waals surface area contributed by atoms with E-state index in [4.69, 9.17) is 5.73 Å². The third kappa shape index (κ3) is 39.3. The molecule has 0 spiro atoms. The van der Waals surface area contributed by atoms with Crippen LogP contribution in [0.15, 0.2) is 78.9 Å². The Hall–Kier alpha value is -11.4. The number of Topliss-reactive ketones (excluding diaryl/α,β-unsaturated/α-hetero) is 8. The second kappa shape index (κ2) is 56.3. The van der Waals surface area contributed by atoms with Crippen molar-refractivity contribution in [3.8, 4) is 11.5 Å². The quantitative estimate of drug-likeness (QED) is 0.0284. The number of unbranched alkanes of at least 4 members (excludes halogenated alkanes) is 1. The first kappa shape index (κ1) is 112. The number of benzene rings is 3. The fourth-order valence-electron chi connectivity index (χ4n) is 15.3. The Morgan fingerprint density at radius 1 is 0.450 bits per heavy atom. The molecule has 3 aromatic carbocycles. The Morgan fingerprint density at radius 2 is 0.924 bits per heavy atom. The molecule has 1 aliphatic rings. The van der Waals surface area contributed by atoms with Crippen molar-refractivity contribution >= 4 is 111 Å². The highest BCUT2D eigenvalue weighted by molar-refractivity contribution is 6.07. The number of likely N-dealkylation sites (tertiary alicyclic amines) is 1. The molecule has 0 bridgehead atoms. The number of aliphatic hydroxyl groups excluding tert-OH is 4. The first-order valence-corrected chi connectivity index (χ1v) is 44.8. The number of amides is 8. The van der Waals surface area contributed by atoms with Crippen molar-refractivity contribution in [2.24, 2.45) is 64.4 Å². The summed E-state index contributed by atoms with van der Waals surface area (Å²) in [6.45, 7) is 11.7. The van der Waals surface area contributed by atoms with E-state index >= 15 is 0 Å². The Kier molecular flexibility index (Phi) is 48.1. The van der Waals surface area contributed by atoms with Crippen LogP contribution >= 0.6 is 0 Å². The summed E-state index contributed by atoms with van der Waals surface area (Å²) in [7, 11) is 0. The number of phenolic OH excluding ortho intramolecular Hbond substituents is 2. The average Bonchev–Trinajstić information content (AvgIpc) is 0.837. The van der Waals surface area contributed by atoms with Gasteiger partial charge in [-0.1, -0.05) is 95.1 Å². The summed E-state index contributed by atoms with van der Waals surface area (Å²) in [4.78, 5) is 263. The molecule has 0 aliphatic carbocycles. The second-order valence-corrected chi connectivity index (χ2v) is 35.5. The molecule has 0 radical (unpaired) electrons. The van der Waals surface area contributed by atoms with Crippen molar-refractivity contribution < 1.29 is 137 Å². The van der Waals surface area contributed by atoms with Crippen molar-refractivity contribution in [2.75, 3.05) is 39.4 Å². The lowest BCUT2D eigenvalue weighted by molar-refractivity contribution is -0.143. The number of hydrogen-bond donors (Lipinski definition) is 17. The number of nitrogens with zero attached hydrogens (tertiary/aromatic N) is 1. The summed E-state index contributed by atoms with van der Waals surface area (Å²) in [5, 5.41) is 111. The number of phenols is 2. The Balaban J connectivity index is 1.55. The molecule has 4 rings (SSSR count). The van der Waals surface area contributed by atoms with E-state index in [-0.39, 0.29) is 79.9 Å². The number of nitrogens with two attached hydrogens (primary N) is 1. The largest absolute Gasteiger partial charge is 0.508 e. The summed E-state index contributed by atoms with van der Waals surface area (Å²) < 4.78 is 0. The number of carboxylic acids is 3. The van der Waals surface area contributed by atoms with Gasteiger partial charge in [-0.05, 0) is 158 Å². The van der Waals surface area contributed by atoms with Crippen molar-refractivity contribution in [2.45, 2.75) is 265 Å². The molecule has 37 heteroatoms. The highest BCUT2D eigenvalue weighted by atomic mass is 16.4. The zero-order chi connectivity index (χ0) is 98.1. The van der Waals surface area contributed by atoms with Gasteiger partial charge in [-0.25, -0.2) is 0 Å². The van der Waals surface area contributed by atoms with Crippen molar-refractivity contribution in [3.05, 3.63) is 95.6 Å². The highest BCUT2D eigenvalue weighted by Crippen LogP contribution is 2.30. The van der Waals surface area contributed by atoms with Crippen LogP contribution in [0.3, 0.4) is 0 Å². The summed E-state index contributed by atoms with van der Waals surface area (Å²) in [6.07, 6.45) is -8.19. The van der Waals surface area contributed by atoms with Gasteiger partial charge in [0.25, 0.3) is 0 Å². The smallest absolute Gasteiger partial charge is 0.304 e. The van der Waals surface area contributed by atoms with Gasteiger partial charge in [0.15, 0.2) is 34.7 Å². The molecule has 0 aromatic heterocycles. The molecule has 3 aromatic rings. The van der Waals surface area contributed by atoms with E-state index in [1.807, 2.05) is 0 Å². The number of rotatable bonds is 65. The predicted molar refractivity (Wildman–Crippen MR) is 475 cm³/mol. The lowest BCUT2D eigenvalue weighted by Gasteiger charge is -2.28. The first-order chi connectivity index (χ1) is 61.7. The van der Waals surface area contributed by atoms with Crippen LogP contribution in [0.4, 0.5) is 0 Å². The van der Waals surface area contributed by atoms with Gasteiger partial charge in [-0.3, -0.25) is 91.1 Å². The lowest BCUT2D eigenvalue weighted by atomic mass is 9.77. The Morgan fingerprint density at radius 3 is 1.44 bits per heavy atom. The molecule has 1 heterocycles. The number of carboxylic acid groups (broad SMARTS) is 3. The normalized spacial score (nSPS) is 15.9. The van der Waals surface area contributed by atoms with Crippen LogP contribution in [0.2, 0.25) is 0 Å². The molecule has 18 N–H and O–H groups in total. The maximum atomic E-state index is 14.9. The average molecular weight is 1840 g/mol. The van der Waals surface area contributed by atoms with Crippen molar-refractivity contribution in [1.82, 2.24) is 42.1 Å². The number of aliphatic carboxylic acids is 3. The monoisotopic (exact) mass is 1840 g/mol. The molecule has 37 nitrogen and oxygen atoms in total. The van der Waals surface area contributed by atoms with Gasteiger partial charge in [-0.2, -0.15) is 0 Å².